The van der Waals surface area contributed by atoms with Crippen molar-refractivity contribution in [3.63, 3.8) is 0 Å². The second-order valence-corrected chi connectivity index (χ2v) is 1.92. The van der Waals surface area contributed by atoms with Crippen molar-refractivity contribution in [1.29, 1.82) is 0 Å². The van der Waals surface area contributed by atoms with E-state index in [1.165, 1.54) is 12.5 Å². The molecule has 0 heterocycles. The fraction of sp³-hybridized carbons (Fsp3) is 0.444. The van der Waals surface area contributed by atoms with Crippen LogP contribution >= 0.6 is 0 Å². The molecule has 1 heteroatoms. The van der Waals surface area contributed by atoms with Crippen LogP contribution in [0.15, 0.2) is 12.2 Å². The zero-order valence-electron chi connectivity index (χ0n) is 6.26. The van der Waals surface area contributed by atoms with Gasteiger partial charge in [-0.25, -0.2) is 0 Å². The fourth-order valence-corrected chi connectivity index (χ4v) is 0.484. The lowest BCUT2D eigenvalue weighted by molar-refractivity contribution is -0.104. The molecule has 0 spiro atoms. The van der Waals surface area contributed by atoms with Crippen molar-refractivity contribution in [3.8, 4) is 11.8 Å². The Kier molecular flexibility index (Phi) is 7.15. The van der Waals surface area contributed by atoms with Crippen molar-refractivity contribution in [2.24, 2.45) is 0 Å². The maximum absolute atomic E-state index is 9.74. The van der Waals surface area contributed by atoms with E-state index in [0.717, 1.165) is 19.1 Å². The van der Waals surface area contributed by atoms with Gasteiger partial charge in [-0.15, -0.1) is 0 Å². The number of allylic oxidation sites excluding steroid dienone is 2. The third-order valence-electron chi connectivity index (χ3n) is 1.02. The smallest absolute Gasteiger partial charge is 0.143 e. The molecule has 0 aromatic carbocycles. The predicted octanol–water partition coefficient (Wildman–Crippen LogP) is 1.94. The molecule has 10 heavy (non-hydrogen) atoms. The molecule has 1 nitrogen and oxygen atoms in total. The summed E-state index contributed by atoms with van der Waals surface area (Å²) in [6.07, 6.45) is 6.95. The van der Waals surface area contributed by atoms with E-state index in [2.05, 4.69) is 18.8 Å². The Morgan fingerprint density at radius 2 is 2.30 bits per heavy atom. The van der Waals surface area contributed by atoms with Gasteiger partial charge in [-0.3, -0.25) is 4.79 Å². The molecule has 0 radical (unpaired) electrons. The van der Waals surface area contributed by atoms with Crippen LogP contribution < -0.4 is 0 Å². The molecular formula is C9H12O. The van der Waals surface area contributed by atoms with Gasteiger partial charge in [-0.1, -0.05) is 25.2 Å². The summed E-state index contributed by atoms with van der Waals surface area (Å²) in [4.78, 5) is 9.74. The summed E-state index contributed by atoms with van der Waals surface area (Å²) in [5.41, 5.74) is 0. The molecule has 0 aliphatic rings. The minimum Gasteiger partial charge on any atom is -0.299 e. The van der Waals surface area contributed by atoms with Gasteiger partial charge in [-0.2, -0.15) is 0 Å². The third kappa shape index (κ3) is 6.97. The number of aldehydes is 1. The summed E-state index contributed by atoms with van der Waals surface area (Å²) >= 11 is 0. The third-order valence-corrected chi connectivity index (χ3v) is 1.02. The average molecular weight is 136 g/mol. The van der Waals surface area contributed by atoms with Gasteiger partial charge < -0.3 is 0 Å². The van der Waals surface area contributed by atoms with Crippen LogP contribution in [0.3, 0.4) is 0 Å². The monoisotopic (exact) mass is 136 g/mol. The number of carbonyl (C=O) groups is 1. The Balaban J connectivity index is 3.30. The second kappa shape index (κ2) is 7.97. The van der Waals surface area contributed by atoms with Crippen LogP contribution in [0, 0.1) is 11.8 Å². The van der Waals surface area contributed by atoms with Gasteiger partial charge >= 0.3 is 0 Å². The van der Waals surface area contributed by atoms with Crippen molar-refractivity contribution >= 4 is 6.29 Å². The average Bonchev–Trinajstić information content (AvgIpc) is 1.97. The maximum Gasteiger partial charge on any atom is 0.143 e. The van der Waals surface area contributed by atoms with Crippen LogP contribution in [0.1, 0.15) is 26.2 Å². The highest BCUT2D eigenvalue weighted by atomic mass is 16.1. The molecule has 0 aliphatic carbocycles. The number of rotatable bonds is 3. The van der Waals surface area contributed by atoms with Crippen molar-refractivity contribution in [2.45, 2.75) is 26.2 Å². The Bertz CT molecular complexity index is 157. The molecule has 0 saturated carbocycles. The minimum absolute atomic E-state index is 0.731. The Morgan fingerprint density at radius 1 is 1.50 bits per heavy atom. The molecule has 0 fully saturated rings. The van der Waals surface area contributed by atoms with E-state index >= 15 is 0 Å². The summed E-state index contributed by atoms with van der Waals surface area (Å²) < 4.78 is 0. The molecule has 0 aliphatic heterocycles. The van der Waals surface area contributed by atoms with Gasteiger partial charge in [0.15, 0.2) is 0 Å². The zero-order chi connectivity index (χ0) is 7.66. The van der Waals surface area contributed by atoms with E-state index in [-0.39, 0.29) is 0 Å². The van der Waals surface area contributed by atoms with Crippen LogP contribution in [-0.4, -0.2) is 6.29 Å². The van der Waals surface area contributed by atoms with Gasteiger partial charge in [0.05, 0.1) is 0 Å². The second-order valence-electron chi connectivity index (χ2n) is 1.92. The van der Waals surface area contributed by atoms with Gasteiger partial charge in [0, 0.05) is 6.42 Å². The lowest BCUT2D eigenvalue weighted by atomic mass is 10.2. The van der Waals surface area contributed by atoms with Gasteiger partial charge in [0.1, 0.15) is 6.29 Å². The number of unbranched alkanes of at least 4 members (excludes halogenated alkanes) is 2. The lowest BCUT2D eigenvalue weighted by Gasteiger charge is -1.81. The highest BCUT2D eigenvalue weighted by molar-refractivity contribution is 5.65. The topological polar surface area (TPSA) is 17.1 Å². The molecule has 0 N–H and O–H groups in total. The van der Waals surface area contributed by atoms with Crippen molar-refractivity contribution in [3.05, 3.63) is 12.2 Å². The Hall–Kier alpha value is -1.03. The molecular weight excluding hydrogens is 124 g/mol. The number of hydrogen-bond donors (Lipinski definition) is 0. The van der Waals surface area contributed by atoms with Crippen LogP contribution in [0.25, 0.3) is 0 Å². The van der Waals surface area contributed by atoms with Crippen LogP contribution in [0.5, 0.6) is 0 Å². The summed E-state index contributed by atoms with van der Waals surface area (Å²) in [6.45, 7) is 2.13. The normalized spacial score (nSPS) is 8.90. The number of carbonyl (C=O) groups excluding carboxylic acids is 1. The molecule has 0 rings (SSSR count). The first kappa shape index (κ1) is 8.97. The molecule has 0 aromatic rings. The van der Waals surface area contributed by atoms with Crippen molar-refractivity contribution < 1.29 is 4.79 Å². The molecule has 0 amide bonds. The van der Waals surface area contributed by atoms with Gasteiger partial charge in [0.25, 0.3) is 0 Å². The Morgan fingerprint density at radius 3 is 2.90 bits per heavy atom. The molecule has 0 bridgehead atoms. The van der Waals surface area contributed by atoms with Gasteiger partial charge in [-0.05, 0) is 18.6 Å². The highest BCUT2D eigenvalue weighted by Gasteiger charge is 1.73. The fourth-order valence-electron chi connectivity index (χ4n) is 0.484. The lowest BCUT2D eigenvalue weighted by Crippen LogP contribution is -1.65. The molecule has 0 unspecified atom stereocenters. The van der Waals surface area contributed by atoms with E-state index in [0.29, 0.717) is 0 Å². The van der Waals surface area contributed by atoms with E-state index in [1.807, 2.05) is 0 Å². The van der Waals surface area contributed by atoms with Crippen LogP contribution in [0.4, 0.5) is 0 Å². The van der Waals surface area contributed by atoms with E-state index in [1.54, 1.807) is 6.08 Å². The van der Waals surface area contributed by atoms with Crippen molar-refractivity contribution in [1.82, 2.24) is 0 Å². The van der Waals surface area contributed by atoms with E-state index in [9.17, 15) is 4.79 Å². The van der Waals surface area contributed by atoms with Gasteiger partial charge in [0.2, 0.25) is 0 Å². The zero-order valence-corrected chi connectivity index (χ0v) is 6.26. The summed E-state index contributed by atoms with van der Waals surface area (Å²) in [5, 5.41) is 0. The van der Waals surface area contributed by atoms with Crippen molar-refractivity contribution in [2.75, 3.05) is 0 Å². The minimum atomic E-state index is 0.731. The summed E-state index contributed by atoms with van der Waals surface area (Å²) in [7, 11) is 0. The SMILES string of the molecule is CCCCC#C/C=C/C=O. The van der Waals surface area contributed by atoms with E-state index < -0.39 is 0 Å². The number of hydrogen-bond acceptors (Lipinski definition) is 1. The standard InChI is InChI=1S/C9H12O/c1-2-3-4-5-6-7-8-9-10/h7-9H,2-4H2,1H3/b8-7+. The van der Waals surface area contributed by atoms with E-state index in [4.69, 9.17) is 0 Å². The predicted molar refractivity (Wildman–Crippen MR) is 42.5 cm³/mol. The first-order valence-corrected chi connectivity index (χ1v) is 3.50. The first-order chi connectivity index (χ1) is 4.91. The quantitative estimate of drug-likeness (QED) is 0.251. The molecule has 0 saturated heterocycles. The molecule has 0 aromatic heterocycles. The Labute approximate surface area is 62.1 Å². The summed E-state index contributed by atoms with van der Waals surface area (Å²) in [5.74, 6) is 5.68. The molecule has 54 valence electrons. The van der Waals surface area contributed by atoms with Crippen LogP contribution in [0.2, 0.25) is 0 Å². The first-order valence-electron chi connectivity index (χ1n) is 3.50. The highest BCUT2D eigenvalue weighted by Crippen LogP contribution is 1.89. The summed E-state index contributed by atoms with van der Waals surface area (Å²) in [6, 6.07) is 0. The molecule has 0 atom stereocenters. The largest absolute Gasteiger partial charge is 0.299 e. The maximum atomic E-state index is 9.74. The van der Waals surface area contributed by atoms with Crippen LogP contribution in [-0.2, 0) is 4.79 Å².